The summed E-state index contributed by atoms with van der Waals surface area (Å²) >= 11 is 0. The zero-order valence-electron chi connectivity index (χ0n) is 15.5. The van der Waals surface area contributed by atoms with Crippen LogP contribution in [0.4, 0.5) is 11.6 Å². The van der Waals surface area contributed by atoms with E-state index in [9.17, 15) is 4.79 Å². The number of hydrogen-bond donors (Lipinski definition) is 1. The van der Waals surface area contributed by atoms with Crippen LogP contribution in [0.5, 0.6) is 5.75 Å². The van der Waals surface area contributed by atoms with Crippen LogP contribution in [0.15, 0.2) is 30.5 Å². The standard InChI is InChI=1S/C19H25N5O2/c1-4-23-9-11-24(12-10-23)19-20-13-17(14(2)21-19)18(25)22-15-5-7-16(26-3)8-6-15/h5-8,13H,4,9-12H2,1-3H3,(H,22,25). The molecule has 0 bridgehead atoms. The summed E-state index contributed by atoms with van der Waals surface area (Å²) in [5.41, 5.74) is 1.87. The highest BCUT2D eigenvalue weighted by Crippen LogP contribution is 2.18. The van der Waals surface area contributed by atoms with Crippen molar-refractivity contribution >= 4 is 17.5 Å². The fraction of sp³-hybridized carbons (Fsp3) is 0.421. The van der Waals surface area contributed by atoms with Gasteiger partial charge in [-0.3, -0.25) is 4.79 Å². The van der Waals surface area contributed by atoms with Crippen molar-refractivity contribution in [2.24, 2.45) is 0 Å². The van der Waals surface area contributed by atoms with Crippen molar-refractivity contribution in [2.75, 3.05) is 50.1 Å². The Morgan fingerprint density at radius 1 is 1.19 bits per heavy atom. The smallest absolute Gasteiger partial charge is 0.259 e. The van der Waals surface area contributed by atoms with E-state index in [1.807, 2.05) is 6.92 Å². The van der Waals surface area contributed by atoms with Crippen LogP contribution in [0.3, 0.4) is 0 Å². The van der Waals surface area contributed by atoms with Gasteiger partial charge in [-0.1, -0.05) is 6.92 Å². The van der Waals surface area contributed by atoms with Gasteiger partial charge in [-0.05, 0) is 37.7 Å². The third-order valence-electron chi connectivity index (χ3n) is 4.66. The molecule has 0 saturated carbocycles. The Hall–Kier alpha value is -2.67. The number of carbonyl (C=O) groups is 1. The van der Waals surface area contributed by atoms with Crippen molar-refractivity contribution < 1.29 is 9.53 Å². The van der Waals surface area contributed by atoms with E-state index in [2.05, 4.69) is 32.0 Å². The summed E-state index contributed by atoms with van der Waals surface area (Å²) in [7, 11) is 1.61. The highest BCUT2D eigenvalue weighted by atomic mass is 16.5. The van der Waals surface area contributed by atoms with E-state index < -0.39 is 0 Å². The molecule has 1 aliphatic heterocycles. The lowest BCUT2D eigenvalue weighted by atomic mass is 10.2. The number of rotatable bonds is 5. The molecule has 1 aliphatic rings. The Morgan fingerprint density at radius 2 is 1.88 bits per heavy atom. The summed E-state index contributed by atoms with van der Waals surface area (Å²) in [6, 6.07) is 7.21. The Bertz CT molecular complexity index is 755. The molecule has 3 rings (SSSR count). The van der Waals surface area contributed by atoms with Crippen molar-refractivity contribution in [1.29, 1.82) is 0 Å². The molecule has 0 aliphatic carbocycles. The molecule has 138 valence electrons. The summed E-state index contributed by atoms with van der Waals surface area (Å²) in [5, 5.41) is 2.87. The van der Waals surface area contributed by atoms with Crippen LogP contribution in [-0.4, -0.2) is 60.6 Å². The summed E-state index contributed by atoms with van der Waals surface area (Å²) in [6.45, 7) is 8.92. The number of carbonyl (C=O) groups excluding carboxylic acids is 1. The van der Waals surface area contributed by atoms with Gasteiger partial charge in [-0.2, -0.15) is 0 Å². The predicted molar refractivity (Wildman–Crippen MR) is 102 cm³/mol. The number of aryl methyl sites for hydroxylation is 1. The molecule has 1 aromatic carbocycles. The van der Waals surface area contributed by atoms with Gasteiger partial charge in [0.1, 0.15) is 5.75 Å². The van der Waals surface area contributed by atoms with Crippen LogP contribution in [0, 0.1) is 6.92 Å². The molecule has 7 nitrogen and oxygen atoms in total. The number of piperazine rings is 1. The number of nitrogens with one attached hydrogen (secondary N) is 1. The van der Waals surface area contributed by atoms with Crippen LogP contribution < -0.4 is 15.0 Å². The third kappa shape index (κ3) is 4.11. The van der Waals surface area contributed by atoms with Crippen molar-refractivity contribution in [3.8, 4) is 5.75 Å². The first-order valence-electron chi connectivity index (χ1n) is 8.87. The molecule has 7 heteroatoms. The normalized spacial score (nSPS) is 15.0. The first-order chi connectivity index (χ1) is 12.6. The molecule has 1 amide bonds. The number of nitrogens with zero attached hydrogens (tertiary/aromatic N) is 4. The first kappa shape index (κ1) is 18.1. The molecule has 0 atom stereocenters. The number of ether oxygens (including phenoxy) is 1. The van der Waals surface area contributed by atoms with Gasteiger partial charge in [0.15, 0.2) is 0 Å². The van der Waals surface area contributed by atoms with Gasteiger partial charge < -0.3 is 19.9 Å². The molecule has 1 saturated heterocycles. The van der Waals surface area contributed by atoms with Gasteiger partial charge in [-0.25, -0.2) is 9.97 Å². The highest BCUT2D eigenvalue weighted by Gasteiger charge is 2.19. The second-order valence-electron chi connectivity index (χ2n) is 6.27. The Kier molecular flexibility index (Phi) is 5.68. The van der Waals surface area contributed by atoms with Crippen LogP contribution in [0.25, 0.3) is 0 Å². The number of anilines is 2. The minimum Gasteiger partial charge on any atom is -0.497 e. The third-order valence-corrected chi connectivity index (χ3v) is 4.66. The molecule has 0 spiro atoms. The van der Waals surface area contributed by atoms with Gasteiger partial charge in [0.2, 0.25) is 5.95 Å². The minimum atomic E-state index is -0.213. The van der Waals surface area contributed by atoms with Gasteiger partial charge >= 0.3 is 0 Å². The number of hydrogen-bond acceptors (Lipinski definition) is 6. The largest absolute Gasteiger partial charge is 0.497 e. The summed E-state index contributed by atoms with van der Waals surface area (Å²) in [5.74, 6) is 1.23. The highest BCUT2D eigenvalue weighted by molar-refractivity contribution is 6.04. The van der Waals surface area contributed by atoms with Crippen molar-refractivity contribution in [3.63, 3.8) is 0 Å². The molecule has 0 radical (unpaired) electrons. The van der Waals surface area contributed by atoms with Crippen LogP contribution >= 0.6 is 0 Å². The molecule has 0 unspecified atom stereocenters. The molecule has 1 aromatic heterocycles. The zero-order chi connectivity index (χ0) is 18.5. The number of benzene rings is 1. The fourth-order valence-electron chi connectivity index (χ4n) is 2.97. The van der Waals surface area contributed by atoms with Crippen molar-refractivity contribution in [1.82, 2.24) is 14.9 Å². The Morgan fingerprint density at radius 3 is 2.46 bits per heavy atom. The van der Waals surface area contributed by atoms with Gasteiger partial charge in [-0.15, -0.1) is 0 Å². The maximum absolute atomic E-state index is 12.5. The topological polar surface area (TPSA) is 70.6 Å². The number of likely N-dealkylation sites (N-methyl/N-ethyl adjacent to an activating group) is 1. The summed E-state index contributed by atoms with van der Waals surface area (Å²) < 4.78 is 5.12. The maximum atomic E-state index is 12.5. The number of methoxy groups -OCH3 is 1. The van der Waals surface area contributed by atoms with E-state index in [0.29, 0.717) is 22.9 Å². The Balaban J connectivity index is 1.67. The summed E-state index contributed by atoms with van der Waals surface area (Å²) in [4.78, 5) is 26.1. The van der Waals surface area contributed by atoms with Gasteiger partial charge in [0, 0.05) is 38.1 Å². The molecule has 1 N–H and O–H groups in total. The van der Waals surface area contributed by atoms with Crippen molar-refractivity contribution in [2.45, 2.75) is 13.8 Å². The van der Waals surface area contributed by atoms with E-state index >= 15 is 0 Å². The molecule has 26 heavy (non-hydrogen) atoms. The fourth-order valence-corrected chi connectivity index (χ4v) is 2.97. The maximum Gasteiger partial charge on any atom is 0.259 e. The second kappa shape index (κ2) is 8.14. The first-order valence-corrected chi connectivity index (χ1v) is 8.87. The Labute approximate surface area is 154 Å². The lowest BCUT2D eigenvalue weighted by molar-refractivity contribution is 0.102. The van der Waals surface area contributed by atoms with Gasteiger partial charge in [0.25, 0.3) is 5.91 Å². The van der Waals surface area contributed by atoms with E-state index in [1.54, 1.807) is 37.6 Å². The molecular formula is C19H25N5O2. The van der Waals surface area contributed by atoms with Crippen LogP contribution in [-0.2, 0) is 0 Å². The average Bonchev–Trinajstić information content (AvgIpc) is 2.68. The van der Waals surface area contributed by atoms with Crippen LogP contribution in [0.1, 0.15) is 23.0 Å². The summed E-state index contributed by atoms with van der Waals surface area (Å²) in [6.07, 6.45) is 1.61. The number of amides is 1. The molecule has 1 fully saturated rings. The molecular weight excluding hydrogens is 330 g/mol. The van der Waals surface area contributed by atoms with E-state index in [0.717, 1.165) is 38.5 Å². The lowest BCUT2D eigenvalue weighted by Crippen LogP contribution is -2.46. The SMILES string of the molecule is CCN1CCN(c2ncc(C(=O)Nc3ccc(OC)cc3)c(C)n2)CC1. The molecule has 2 heterocycles. The lowest BCUT2D eigenvalue weighted by Gasteiger charge is -2.34. The molecule has 2 aromatic rings. The van der Waals surface area contributed by atoms with E-state index in [1.165, 1.54) is 0 Å². The minimum absolute atomic E-state index is 0.213. The quantitative estimate of drug-likeness (QED) is 0.887. The average molecular weight is 355 g/mol. The monoisotopic (exact) mass is 355 g/mol. The van der Waals surface area contributed by atoms with E-state index in [-0.39, 0.29) is 5.91 Å². The zero-order valence-corrected chi connectivity index (χ0v) is 15.5. The van der Waals surface area contributed by atoms with Crippen LogP contribution in [0.2, 0.25) is 0 Å². The second-order valence-corrected chi connectivity index (χ2v) is 6.27. The predicted octanol–water partition coefficient (Wildman–Crippen LogP) is 2.19. The van der Waals surface area contributed by atoms with Crippen molar-refractivity contribution in [3.05, 3.63) is 41.7 Å². The number of aromatic nitrogens is 2. The van der Waals surface area contributed by atoms with E-state index in [4.69, 9.17) is 4.74 Å². The van der Waals surface area contributed by atoms with Gasteiger partial charge in [0.05, 0.1) is 18.4 Å².